The summed E-state index contributed by atoms with van der Waals surface area (Å²) >= 11 is 3.97. The van der Waals surface area contributed by atoms with Crippen LogP contribution in [0.25, 0.3) is 10.9 Å². The number of nitrogens with one attached hydrogen (secondary N) is 1. The van der Waals surface area contributed by atoms with Gasteiger partial charge in [0.2, 0.25) is 5.91 Å². The minimum Gasteiger partial charge on any atom is -0.480 e. The Morgan fingerprint density at radius 2 is 2.10 bits per heavy atom. The number of fused-ring (bicyclic) bond motifs is 1. The first-order valence-corrected chi connectivity index (χ1v) is 7.32. The maximum absolute atomic E-state index is 11.6. The minimum absolute atomic E-state index is 0.211. The lowest BCUT2D eigenvalue weighted by molar-refractivity contribution is -0.141. The number of aliphatic carboxylic acids is 1. The zero-order valence-corrected chi connectivity index (χ0v) is 12.6. The van der Waals surface area contributed by atoms with Gasteiger partial charge in [-0.15, -0.1) is 0 Å². The Balaban J connectivity index is 2.23. The zero-order valence-electron chi connectivity index (χ0n) is 11.7. The molecule has 0 radical (unpaired) electrons. The molecule has 21 heavy (non-hydrogen) atoms. The van der Waals surface area contributed by atoms with Gasteiger partial charge in [0.15, 0.2) is 0 Å². The fraction of sp³-hybridized carbons (Fsp3) is 0.333. The zero-order chi connectivity index (χ0) is 15.4. The Hall–Kier alpha value is -1.95. The van der Waals surface area contributed by atoms with Gasteiger partial charge in [-0.3, -0.25) is 4.79 Å². The number of rotatable bonds is 6. The van der Waals surface area contributed by atoms with E-state index < -0.39 is 12.0 Å². The van der Waals surface area contributed by atoms with Crippen molar-refractivity contribution in [2.45, 2.75) is 18.9 Å². The number of hydrogen-bond acceptors (Lipinski definition) is 3. The molecule has 1 amide bonds. The van der Waals surface area contributed by atoms with Crippen molar-refractivity contribution in [2.75, 3.05) is 5.75 Å². The Morgan fingerprint density at radius 1 is 1.38 bits per heavy atom. The van der Waals surface area contributed by atoms with E-state index in [0.717, 1.165) is 16.5 Å². The number of para-hydroxylation sites is 1. The SMILES string of the molecule is Cn1cc(C[C@H](NC(=O)CCS)C(=O)O)c2ccccc21. The van der Waals surface area contributed by atoms with Crippen LogP contribution in [0.1, 0.15) is 12.0 Å². The van der Waals surface area contributed by atoms with Crippen LogP contribution in [-0.2, 0) is 23.1 Å². The maximum atomic E-state index is 11.6. The number of benzene rings is 1. The molecule has 1 heterocycles. The number of hydrogen-bond donors (Lipinski definition) is 3. The summed E-state index contributed by atoms with van der Waals surface area (Å²) in [6.45, 7) is 0. The Bertz CT molecular complexity index is 666. The van der Waals surface area contributed by atoms with Crippen molar-refractivity contribution in [3.05, 3.63) is 36.0 Å². The molecular formula is C15H18N2O3S. The summed E-state index contributed by atoms with van der Waals surface area (Å²) in [4.78, 5) is 22.9. The van der Waals surface area contributed by atoms with E-state index in [1.165, 1.54) is 0 Å². The maximum Gasteiger partial charge on any atom is 0.326 e. The molecule has 112 valence electrons. The average molecular weight is 306 g/mol. The number of thiol groups is 1. The van der Waals surface area contributed by atoms with E-state index in [1.807, 2.05) is 42.1 Å². The Kier molecular flexibility index (Phi) is 4.90. The van der Waals surface area contributed by atoms with Gasteiger partial charge in [0, 0.05) is 37.0 Å². The third kappa shape index (κ3) is 3.58. The normalized spacial score (nSPS) is 12.3. The summed E-state index contributed by atoms with van der Waals surface area (Å²) in [7, 11) is 1.92. The molecule has 0 fully saturated rings. The third-order valence-corrected chi connectivity index (χ3v) is 3.60. The van der Waals surface area contributed by atoms with E-state index in [9.17, 15) is 14.7 Å². The first-order chi connectivity index (χ1) is 10.0. The lowest BCUT2D eigenvalue weighted by atomic mass is 10.0. The molecule has 1 aromatic carbocycles. The minimum atomic E-state index is -1.03. The Labute approximate surface area is 128 Å². The molecule has 0 saturated carbocycles. The topological polar surface area (TPSA) is 71.3 Å². The van der Waals surface area contributed by atoms with Gasteiger partial charge in [0.1, 0.15) is 6.04 Å². The number of amides is 1. The van der Waals surface area contributed by atoms with Gasteiger partial charge in [-0.25, -0.2) is 4.79 Å². The first-order valence-electron chi connectivity index (χ1n) is 6.69. The van der Waals surface area contributed by atoms with Gasteiger partial charge in [0.05, 0.1) is 0 Å². The fourth-order valence-electron chi connectivity index (χ4n) is 2.38. The van der Waals surface area contributed by atoms with Crippen molar-refractivity contribution in [1.29, 1.82) is 0 Å². The second-order valence-electron chi connectivity index (χ2n) is 4.92. The average Bonchev–Trinajstić information content (AvgIpc) is 2.75. The number of carboxylic acids is 1. The highest BCUT2D eigenvalue weighted by Crippen LogP contribution is 2.21. The third-order valence-electron chi connectivity index (χ3n) is 3.38. The van der Waals surface area contributed by atoms with Crippen LogP contribution in [-0.4, -0.2) is 33.3 Å². The second-order valence-corrected chi connectivity index (χ2v) is 5.37. The number of aryl methyl sites for hydroxylation is 1. The highest BCUT2D eigenvalue weighted by atomic mass is 32.1. The molecular weight excluding hydrogens is 288 g/mol. The molecule has 2 rings (SSSR count). The molecule has 5 nitrogen and oxygen atoms in total. The van der Waals surface area contributed by atoms with Crippen molar-refractivity contribution in [3.63, 3.8) is 0 Å². The van der Waals surface area contributed by atoms with Gasteiger partial charge in [-0.05, 0) is 17.4 Å². The van der Waals surface area contributed by atoms with E-state index >= 15 is 0 Å². The van der Waals surface area contributed by atoms with E-state index in [2.05, 4.69) is 17.9 Å². The monoisotopic (exact) mass is 306 g/mol. The molecule has 2 N–H and O–H groups in total. The van der Waals surface area contributed by atoms with Gasteiger partial charge < -0.3 is 15.0 Å². The summed E-state index contributed by atoms with van der Waals surface area (Å²) in [6, 6.07) is 6.87. The lowest BCUT2D eigenvalue weighted by Crippen LogP contribution is -2.42. The highest BCUT2D eigenvalue weighted by Gasteiger charge is 2.21. The lowest BCUT2D eigenvalue weighted by Gasteiger charge is -2.13. The largest absolute Gasteiger partial charge is 0.480 e. The molecule has 0 unspecified atom stereocenters. The number of nitrogens with zero attached hydrogens (tertiary/aromatic N) is 1. The van der Waals surface area contributed by atoms with Crippen LogP contribution in [0.5, 0.6) is 0 Å². The van der Waals surface area contributed by atoms with E-state index in [4.69, 9.17) is 0 Å². The van der Waals surface area contributed by atoms with E-state index in [1.54, 1.807) is 0 Å². The van der Waals surface area contributed by atoms with Crippen LogP contribution in [0.4, 0.5) is 0 Å². The molecule has 0 aliphatic rings. The van der Waals surface area contributed by atoms with Crippen LogP contribution < -0.4 is 5.32 Å². The second kappa shape index (κ2) is 6.67. The molecule has 0 aliphatic heterocycles. The van der Waals surface area contributed by atoms with Crippen LogP contribution in [0.3, 0.4) is 0 Å². The van der Waals surface area contributed by atoms with Crippen molar-refractivity contribution < 1.29 is 14.7 Å². The summed E-state index contributed by atoms with van der Waals surface area (Å²) < 4.78 is 1.96. The van der Waals surface area contributed by atoms with E-state index in [-0.39, 0.29) is 18.7 Å². The van der Waals surface area contributed by atoms with Crippen molar-refractivity contribution in [2.24, 2.45) is 7.05 Å². The molecule has 0 aliphatic carbocycles. The number of carbonyl (C=O) groups excluding carboxylic acids is 1. The molecule has 2 aromatic rings. The van der Waals surface area contributed by atoms with E-state index in [0.29, 0.717) is 5.75 Å². The van der Waals surface area contributed by atoms with Gasteiger partial charge in [-0.2, -0.15) is 12.6 Å². The Morgan fingerprint density at radius 3 is 2.76 bits per heavy atom. The number of carbonyl (C=O) groups is 2. The summed E-state index contributed by atoms with van der Waals surface area (Å²) in [5.41, 5.74) is 1.95. The number of aromatic nitrogens is 1. The van der Waals surface area contributed by atoms with Gasteiger partial charge >= 0.3 is 5.97 Å². The predicted octanol–water partition coefficient (Wildman–Crippen LogP) is 1.61. The van der Waals surface area contributed by atoms with Crippen molar-refractivity contribution in [3.8, 4) is 0 Å². The van der Waals surface area contributed by atoms with Crippen LogP contribution in [0.15, 0.2) is 30.5 Å². The van der Waals surface area contributed by atoms with Gasteiger partial charge in [0.25, 0.3) is 0 Å². The van der Waals surface area contributed by atoms with Crippen LogP contribution in [0, 0.1) is 0 Å². The standard InChI is InChI=1S/C15H18N2O3S/c1-17-9-10(11-4-2-3-5-13(11)17)8-12(15(19)20)16-14(18)6-7-21/h2-5,9,12,21H,6-8H2,1H3,(H,16,18)(H,19,20)/t12-/m0/s1. The van der Waals surface area contributed by atoms with Crippen molar-refractivity contribution in [1.82, 2.24) is 9.88 Å². The molecule has 6 heteroatoms. The quantitative estimate of drug-likeness (QED) is 0.710. The molecule has 1 atom stereocenters. The van der Waals surface area contributed by atoms with Crippen molar-refractivity contribution >= 4 is 35.4 Å². The predicted molar refractivity (Wildman–Crippen MR) is 84.7 cm³/mol. The van der Waals surface area contributed by atoms with Crippen LogP contribution >= 0.6 is 12.6 Å². The summed E-state index contributed by atoms with van der Waals surface area (Å²) in [6.07, 6.45) is 2.38. The fourth-order valence-corrected chi connectivity index (χ4v) is 2.58. The molecule has 1 aromatic heterocycles. The first kappa shape index (κ1) is 15.4. The molecule has 0 saturated heterocycles. The van der Waals surface area contributed by atoms with Gasteiger partial charge in [-0.1, -0.05) is 18.2 Å². The highest BCUT2D eigenvalue weighted by molar-refractivity contribution is 7.80. The van der Waals surface area contributed by atoms with Crippen LogP contribution in [0.2, 0.25) is 0 Å². The number of carboxylic acid groups (broad SMARTS) is 1. The molecule has 0 bridgehead atoms. The summed E-state index contributed by atoms with van der Waals surface area (Å²) in [5, 5.41) is 12.8. The summed E-state index contributed by atoms with van der Waals surface area (Å²) in [5.74, 6) is -0.931. The smallest absolute Gasteiger partial charge is 0.326 e. The molecule has 0 spiro atoms.